The predicted octanol–water partition coefficient (Wildman–Crippen LogP) is 4.76. The zero-order valence-electron chi connectivity index (χ0n) is 20.4. The van der Waals surface area contributed by atoms with E-state index in [-0.39, 0.29) is 24.1 Å². The second-order valence-electron chi connectivity index (χ2n) is 8.80. The molecule has 2 aromatic carbocycles. The molecule has 0 saturated carbocycles. The van der Waals surface area contributed by atoms with Gasteiger partial charge in [-0.3, -0.25) is 14.4 Å². The summed E-state index contributed by atoms with van der Waals surface area (Å²) in [5.74, 6) is 0.370. The van der Waals surface area contributed by atoms with Gasteiger partial charge in [0.15, 0.2) is 0 Å². The highest BCUT2D eigenvalue weighted by atomic mass is 16.5. The monoisotopic (exact) mass is 476 g/mol. The van der Waals surface area contributed by atoms with Crippen LogP contribution in [0.1, 0.15) is 55.8 Å². The van der Waals surface area contributed by atoms with E-state index in [1.165, 1.54) is 16.9 Å². The first-order valence-corrected chi connectivity index (χ1v) is 12.2. The molecule has 0 spiro atoms. The van der Waals surface area contributed by atoms with Gasteiger partial charge in [-0.25, -0.2) is 4.90 Å². The Bertz CT molecular complexity index is 1090. The number of nitrogens with zero attached hydrogens (tertiary/aromatic N) is 2. The van der Waals surface area contributed by atoms with Crippen LogP contribution in [0, 0.1) is 0 Å². The predicted molar refractivity (Wildman–Crippen MR) is 134 cm³/mol. The van der Waals surface area contributed by atoms with Crippen molar-refractivity contribution in [2.75, 3.05) is 25.2 Å². The summed E-state index contributed by atoms with van der Waals surface area (Å²) < 4.78 is 10.7. The normalized spacial score (nSPS) is 17.8. The molecule has 1 fully saturated rings. The fourth-order valence-electron chi connectivity index (χ4n) is 4.68. The lowest BCUT2D eigenvalue weighted by Crippen LogP contribution is -2.46. The van der Waals surface area contributed by atoms with Crippen molar-refractivity contribution in [3.05, 3.63) is 65.7 Å². The van der Waals surface area contributed by atoms with Crippen molar-refractivity contribution >= 4 is 23.4 Å². The Labute approximate surface area is 206 Å². The van der Waals surface area contributed by atoms with Crippen molar-refractivity contribution < 1.29 is 23.9 Å². The average Bonchev–Trinajstić information content (AvgIpc) is 3.19. The van der Waals surface area contributed by atoms with Gasteiger partial charge in [0.25, 0.3) is 11.8 Å². The van der Waals surface area contributed by atoms with Gasteiger partial charge >= 0.3 is 0 Å². The number of methoxy groups -OCH3 is 1. The van der Waals surface area contributed by atoms with E-state index in [1.54, 1.807) is 60.5 Å². The first-order valence-electron chi connectivity index (χ1n) is 12.2. The zero-order valence-corrected chi connectivity index (χ0v) is 20.4. The van der Waals surface area contributed by atoms with E-state index in [0.29, 0.717) is 42.3 Å². The van der Waals surface area contributed by atoms with Crippen LogP contribution in [0.4, 0.5) is 5.69 Å². The maximum atomic E-state index is 13.6. The molecule has 184 valence electrons. The van der Waals surface area contributed by atoms with Gasteiger partial charge in [0.2, 0.25) is 5.91 Å². The Kier molecular flexibility index (Phi) is 7.85. The highest BCUT2D eigenvalue weighted by molar-refractivity contribution is 6.23. The quantitative estimate of drug-likeness (QED) is 0.385. The van der Waals surface area contributed by atoms with Gasteiger partial charge in [-0.05, 0) is 87.6 Å². The van der Waals surface area contributed by atoms with Crippen LogP contribution in [0.15, 0.2) is 60.2 Å². The highest BCUT2D eigenvalue weighted by Gasteiger charge is 2.44. The summed E-state index contributed by atoms with van der Waals surface area (Å²) >= 11 is 0. The van der Waals surface area contributed by atoms with E-state index in [1.807, 2.05) is 6.92 Å². The molecule has 0 radical (unpaired) electrons. The summed E-state index contributed by atoms with van der Waals surface area (Å²) in [7, 11) is 1.57. The number of carbonyl (C=O) groups is 3. The molecule has 1 heterocycles. The molecule has 1 aliphatic heterocycles. The minimum Gasteiger partial charge on any atom is -0.497 e. The van der Waals surface area contributed by atoms with E-state index >= 15 is 0 Å². The van der Waals surface area contributed by atoms with Crippen LogP contribution in [0.2, 0.25) is 0 Å². The van der Waals surface area contributed by atoms with Crippen LogP contribution in [0.5, 0.6) is 11.5 Å². The average molecular weight is 477 g/mol. The minimum atomic E-state index is -0.840. The molecule has 1 unspecified atom stereocenters. The number of allylic oxidation sites excluding steroid dienone is 1. The number of anilines is 1. The molecular weight excluding hydrogens is 444 g/mol. The smallest absolute Gasteiger partial charge is 0.257 e. The molecule has 7 nitrogen and oxygen atoms in total. The largest absolute Gasteiger partial charge is 0.497 e. The molecule has 0 aromatic heterocycles. The van der Waals surface area contributed by atoms with Gasteiger partial charge < -0.3 is 14.4 Å². The Morgan fingerprint density at radius 1 is 1.03 bits per heavy atom. The SMILES string of the molecule is CCOc1ccc(N2C(=O)CC(N(CCC3=CCCCC3)C(=O)c3ccc(OC)cc3)C2=O)cc1. The van der Waals surface area contributed by atoms with Crippen molar-refractivity contribution in [3.8, 4) is 11.5 Å². The number of hydrogen-bond acceptors (Lipinski definition) is 5. The van der Waals surface area contributed by atoms with E-state index in [4.69, 9.17) is 9.47 Å². The lowest BCUT2D eigenvalue weighted by Gasteiger charge is -2.28. The van der Waals surface area contributed by atoms with Crippen LogP contribution in [-0.2, 0) is 9.59 Å². The van der Waals surface area contributed by atoms with Crippen molar-refractivity contribution in [3.63, 3.8) is 0 Å². The molecule has 0 bridgehead atoms. The first-order chi connectivity index (χ1) is 17.0. The minimum absolute atomic E-state index is 0.0347. The Balaban J connectivity index is 1.58. The van der Waals surface area contributed by atoms with E-state index in [2.05, 4.69) is 6.08 Å². The number of imide groups is 1. The number of rotatable bonds is 9. The van der Waals surface area contributed by atoms with Gasteiger partial charge in [-0.1, -0.05) is 11.6 Å². The summed E-state index contributed by atoms with van der Waals surface area (Å²) in [6.45, 7) is 2.81. The third kappa shape index (κ3) is 5.56. The van der Waals surface area contributed by atoms with Gasteiger partial charge in [-0.15, -0.1) is 0 Å². The molecule has 35 heavy (non-hydrogen) atoms. The topological polar surface area (TPSA) is 76.2 Å². The summed E-state index contributed by atoms with van der Waals surface area (Å²) in [5.41, 5.74) is 2.25. The maximum Gasteiger partial charge on any atom is 0.257 e. The van der Waals surface area contributed by atoms with Gasteiger partial charge in [-0.2, -0.15) is 0 Å². The van der Waals surface area contributed by atoms with E-state index in [9.17, 15) is 14.4 Å². The Hall–Kier alpha value is -3.61. The lowest BCUT2D eigenvalue weighted by molar-refractivity contribution is -0.122. The lowest BCUT2D eigenvalue weighted by atomic mass is 9.96. The van der Waals surface area contributed by atoms with Crippen molar-refractivity contribution in [1.29, 1.82) is 0 Å². The first kappa shape index (κ1) is 24.5. The van der Waals surface area contributed by atoms with Crippen LogP contribution < -0.4 is 14.4 Å². The molecule has 2 aliphatic rings. The van der Waals surface area contributed by atoms with Crippen LogP contribution in [0.3, 0.4) is 0 Å². The highest BCUT2D eigenvalue weighted by Crippen LogP contribution is 2.29. The number of ether oxygens (including phenoxy) is 2. The van der Waals surface area contributed by atoms with E-state index in [0.717, 1.165) is 19.3 Å². The maximum absolute atomic E-state index is 13.6. The van der Waals surface area contributed by atoms with Crippen LogP contribution >= 0.6 is 0 Å². The van der Waals surface area contributed by atoms with Gasteiger partial charge in [0.1, 0.15) is 17.5 Å². The molecule has 4 rings (SSSR count). The second-order valence-corrected chi connectivity index (χ2v) is 8.80. The van der Waals surface area contributed by atoms with Gasteiger partial charge in [0, 0.05) is 12.1 Å². The number of amides is 3. The number of hydrogen-bond donors (Lipinski definition) is 0. The molecule has 0 N–H and O–H groups in total. The Morgan fingerprint density at radius 3 is 2.37 bits per heavy atom. The van der Waals surface area contributed by atoms with Crippen molar-refractivity contribution in [2.45, 2.75) is 51.5 Å². The summed E-state index contributed by atoms with van der Waals surface area (Å²) in [4.78, 5) is 42.8. The van der Waals surface area contributed by atoms with E-state index < -0.39 is 6.04 Å². The molecule has 3 amide bonds. The molecule has 1 aliphatic carbocycles. The molecule has 1 saturated heterocycles. The zero-order chi connectivity index (χ0) is 24.8. The molecule has 1 atom stereocenters. The standard InChI is InChI=1S/C28H32N2O5/c1-3-35-24-15-11-22(12-16-24)30-26(31)19-25(28(30)33)29(18-17-20-7-5-4-6-8-20)27(32)21-9-13-23(34-2)14-10-21/h7,9-16,25H,3-6,8,17-19H2,1-2H3. The number of carbonyl (C=O) groups excluding carboxylic acids is 3. The fraction of sp³-hybridized carbons (Fsp3) is 0.393. The second kappa shape index (κ2) is 11.2. The third-order valence-corrected chi connectivity index (χ3v) is 6.56. The molecule has 2 aromatic rings. The number of benzene rings is 2. The van der Waals surface area contributed by atoms with Crippen LogP contribution in [0.25, 0.3) is 0 Å². The van der Waals surface area contributed by atoms with Crippen molar-refractivity contribution in [1.82, 2.24) is 4.90 Å². The molecular formula is C28H32N2O5. The van der Waals surface area contributed by atoms with Gasteiger partial charge in [0.05, 0.1) is 25.8 Å². The fourth-order valence-corrected chi connectivity index (χ4v) is 4.68. The summed E-state index contributed by atoms with van der Waals surface area (Å²) in [5, 5.41) is 0. The van der Waals surface area contributed by atoms with Crippen molar-refractivity contribution in [2.24, 2.45) is 0 Å². The third-order valence-electron chi connectivity index (χ3n) is 6.56. The Morgan fingerprint density at radius 2 is 1.74 bits per heavy atom. The summed E-state index contributed by atoms with van der Waals surface area (Å²) in [6, 6.07) is 12.9. The molecule has 7 heteroatoms. The summed E-state index contributed by atoms with van der Waals surface area (Å²) in [6.07, 6.45) is 7.30. The van der Waals surface area contributed by atoms with Crippen LogP contribution in [-0.4, -0.2) is 48.9 Å².